The molecular formula is C27H27N5OS. The standard InChI is InChI=1S/C27H27N5OS/c1-18-8-9-24(16-19(18)2)32-25(22-10-13-28-14-11-22)29-30-27(32)34-20(3)26(33)31-15-12-21-6-4-5-7-23(21)17-31/h4-11,13-14,16,20H,12,15,17H2,1-3H3. The van der Waals surface area contributed by atoms with Gasteiger partial charge in [-0.25, -0.2) is 0 Å². The highest BCUT2D eigenvalue weighted by molar-refractivity contribution is 8.00. The number of aromatic nitrogens is 4. The lowest BCUT2D eigenvalue weighted by atomic mass is 10.00. The number of carbonyl (C=O) groups excluding carboxylic acids is 1. The van der Waals surface area contributed by atoms with Gasteiger partial charge in [0.25, 0.3) is 0 Å². The molecule has 1 unspecified atom stereocenters. The highest BCUT2D eigenvalue weighted by Crippen LogP contribution is 2.32. The first-order valence-electron chi connectivity index (χ1n) is 11.5. The third-order valence-electron chi connectivity index (χ3n) is 6.39. The Hall–Kier alpha value is -3.45. The summed E-state index contributed by atoms with van der Waals surface area (Å²) in [7, 11) is 0. The third-order valence-corrected chi connectivity index (χ3v) is 7.42. The molecule has 1 aliphatic rings. The normalized spacial score (nSPS) is 14.0. The minimum absolute atomic E-state index is 0.125. The predicted octanol–water partition coefficient (Wildman–Crippen LogP) is 5.01. The first-order valence-corrected chi connectivity index (χ1v) is 12.3. The van der Waals surface area contributed by atoms with Crippen LogP contribution in [0.2, 0.25) is 0 Å². The number of rotatable bonds is 5. The molecule has 0 saturated carbocycles. The Balaban J connectivity index is 1.45. The molecule has 0 fully saturated rings. The smallest absolute Gasteiger partial charge is 0.236 e. The molecule has 0 bridgehead atoms. The number of pyridine rings is 1. The molecule has 34 heavy (non-hydrogen) atoms. The predicted molar refractivity (Wildman–Crippen MR) is 135 cm³/mol. The summed E-state index contributed by atoms with van der Waals surface area (Å²) >= 11 is 1.46. The van der Waals surface area contributed by atoms with Crippen LogP contribution in [0.15, 0.2) is 72.1 Å². The first-order chi connectivity index (χ1) is 16.5. The van der Waals surface area contributed by atoms with Crippen molar-refractivity contribution in [3.05, 3.63) is 89.2 Å². The summed E-state index contributed by atoms with van der Waals surface area (Å²) in [5.41, 5.74) is 6.90. The number of aryl methyl sites for hydroxylation is 2. The molecule has 172 valence electrons. The molecule has 0 N–H and O–H groups in total. The molecule has 2 aromatic heterocycles. The SMILES string of the molecule is Cc1ccc(-n2c(SC(C)C(=O)N3CCc4ccccc4C3)nnc2-c2ccncc2)cc1C. The molecule has 6 nitrogen and oxygen atoms in total. The van der Waals surface area contributed by atoms with Crippen molar-refractivity contribution < 1.29 is 4.79 Å². The summed E-state index contributed by atoms with van der Waals surface area (Å²) in [4.78, 5) is 19.5. The van der Waals surface area contributed by atoms with Gasteiger partial charge in [-0.15, -0.1) is 10.2 Å². The van der Waals surface area contributed by atoms with Crippen molar-refractivity contribution in [3.63, 3.8) is 0 Å². The van der Waals surface area contributed by atoms with Crippen molar-refractivity contribution in [1.29, 1.82) is 0 Å². The maximum absolute atomic E-state index is 13.4. The molecule has 2 aromatic carbocycles. The van der Waals surface area contributed by atoms with Gasteiger partial charge in [-0.05, 0) is 73.7 Å². The molecule has 3 heterocycles. The summed E-state index contributed by atoms with van der Waals surface area (Å²) in [6.45, 7) is 7.56. The lowest BCUT2D eigenvalue weighted by molar-refractivity contribution is -0.131. The Morgan fingerprint density at radius 2 is 1.74 bits per heavy atom. The zero-order valence-corrected chi connectivity index (χ0v) is 20.4. The largest absolute Gasteiger partial charge is 0.337 e. The fraction of sp³-hybridized carbons (Fsp3) is 0.259. The molecule has 1 amide bonds. The zero-order chi connectivity index (χ0) is 23.7. The second kappa shape index (κ2) is 9.43. The van der Waals surface area contributed by atoms with Gasteiger partial charge in [-0.2, -0.15) is 0 Å². The second-order valence-electron chi connectivity index (χ2n) is 8.68. The van der Waals surface area contributed by atoms with Gasteiger partial charge in [0.05, 0.1) is 10.9 Å². The van der Waals surface area contributed by atoms with E-state index in [0.717, 1.165) is 30.0 Å². The summed E-state index contributed by atoms with van der Waals surface area (Å²) in [5, 5.41) is 9.43. The maximum atomic E-state index is 13.4. The minimum Gasteiger partial charge on any atom is -0.337 e. The number of thioether (sulfide) groups is 1. The van der Waals surface area contributed by atoms with Crippen molar-refractivity contribution in [2.45, 2.75) is 44.1 Å². The molecule has 7 heteroatoms. The van der Waals surface area contributed by atoms with E-state index >= 15 is 0 Å². The van der Waals surface area contributed by atoms with Gasteiger partial charge in [0.1, 0.15) is 0 Å². The van der Waals surface area contributed by atoms with Crippen molar-refractivity contribution in [3.8, 4) is 17.1 Å². The number of nitrogens with zero attached hydrogens (tertiary/aromatic N) is 5. The van der Waals surface area contributed by atoms with E-state index in [9.17, 15) is 4.79 Å². The summed E-state index contributed by atoms with van der Waals surface area (Å²) < 4.78 is 2.04. The van der Waals surface area contributed by atoms with Crippen LogP contribution in [0, 0.1) is 13.8 Å². The molecular weight excluding hydrogens is 442 g/mol. The van der Waals surface area contributed by atoms with E-state index < -0.39 is 0 Å². The molecule has 4 aromatic rings. The summed E-state index contributed by atoms with van der Waals surface area (Å²) in [6, 6.07) is 18.6. The lowest BCUT2D eigenvalue weighted by Crippen LogP contribution is -2.40. The average Bonchev–Trinajstić information content (AvgIpc) is 3.28. The Morgan fingerprint density at radius 3 is 2.50 bits per heavy atom. The molecule has 5 rings (SSSR count). The van der Waals surface area contributed by atoms with Crippen LogP contribution >= 0.6 is 11.8 Å². The Bertz CT molecular complexity index is 1330. The fourth-order valence-electron chi connectivity index (χ4n) is 4.28. The average molecular weight is 470 g/mol. The van der Waals surface area contributed by atoms with Gasteiger partial charge in [0, 0.05) is 31.0 Å². The zero-order valence-electron chi connectivity index (χ0n) is 19.6. The quantitative estimate of drug-likeness (QED) is 0.385. The number of carbonyl (C=O) groups is 1. The third kappa shape index (κ3) is 4.35. The molecule has 1 aliphatic heterocycles. The van der Waals surface area contributed by atoms with Gasteiger partial charge in [-0.3, -0.25) is 14.3 Å². The van der Waals surface area contributed by atoms with Crippen molar-refractivity contribution in [2.24, 2.45) is 0 Å². The van der Waals surface area contributed by atoms with E-state index in [1.807, 2.05) is 34.6 Å². The topological polar surface area (TPSA) is 63.9 Å². The van der Waals surface area contributed by atoms with E-state index in [2.05, 4.69) is 65.4 Å². The Morgan fingerprint density at radius 1 is 0.971 bits per heavy atom. The van der Waals surface area contributed by atoms with Gasteiger partial charge >= 0.3 is 0 Å². The van der Waals surface area contributed by atoms with Crippen molar-refractivity contribution in [1.82, 2.24) is 24.6 Å². The monoisotopic (exact) mass is 469 g/mol. The van der Waals surface area contributed by atoms with Gasteiger partial charge in [-0.1, -0.05) is 42.1 Å². The Kier molecular flexibility index (Phi) is 6.20. The summed E-state index contributed by atoms with van der Waals surface area (Å²) in [6.07, 6.45) is 4.40. The van der Waals surface area contributed by atoms with Gasteiger partial charge in [0.15, 0.2) is 11.0 Å². The highest BCUT2D eigenvalue weighted by Gasteiger charge is 2.27. The molecule has 1 atom stereocenters. The van der Waals surface area contributed by atoms with Crippen LogP contribution in [0.3, 0.4) is 0 Å². The fourth-order valence-corrected chi connectivity index (χ4v) is 5.23. The van der Waals surface area contributed by atoms with E-state index in [-0.39, 0.29) is 11.2 Å². The van der Waals surface area contributed by atoms with Crippen LogP contribution < -0.4 is 0 Å². The molecule has 0 aliphatic carbocycles. The number of hydrogen-bond acceptors (Lipinski definition) is 5. The number of amides is 1. The minimum atomic E-state index is -0.287. The van der Waals surface area contributed by atoms with E-state index in [1.54, 1.807) is 12.4 Å². The van der Waals surface area contributed by atoms with Crippen LogP contribution in [-0.4, -0.2) is 42.4 Å². The molecule has 0 spiro atoms. The lowest BCUT2D eigenvalue weighted by Gasteiger charge is -2.30. The van der Waals surface area contributed by atoms with E-state index in [0.29, 0.717) is 11.7 Å². The number of fused-ring (bicyclic) bond motifs is 1. The van der Waals surface area contributed by atoms with Crippen LogP contribution in [-0.2, 0) is 17.8 Å². The van der Waals surface area contributed by atoms with Gasteiger partial charge in [0.2, 0.25) is 5.91 Å². The highest BCUT2D eigenvalue weighted by atomic mass is 32.2. The second-order valence-corrected chi connectivity index (χ2v) is 9.99. The molecule has 0 radical (unpaired) electrons. The van der Waals surface area contributed by atoms with Gasteiger partial charge < -0.3 is 4.90 Å². The number of hydrogen-bond donors (Lipinski definition) is 0. The Labute approximate surface area is 204 Å². The summed E-state index contributed by atoms with van der Waals surface area (Å²) in [5.74, 6) is 0.860. The van der Waals surface area contributed by atoms with Crippen LogP contribution in [0.5, 0.6) is 0 Å². The maximum Gasteiger partial charge on any atom is 0.236 e. The van der Waals surface area contributed by atoms with Crippen LogP contribution in [0.25, 0.3) is 17.1 Å². The molecule has 0 saturated heterocycles. The van der Waals surface area contributed by atoms with Crippen molar-refractivity contribution in [2.75, 3.05) is 6.54 Å². The number of benzene rings is 2. The van der Waals surface area contributed by atoms with E-state index in [1.165, 1.54) is 34.0 Å². The van der Waals surface area contributed by atoms with E-state index in [4.69, 9.17) is 0 Å². The van der Waals surface area contributed by atoms with Crippen LogP contribution in [0.1, 0.15) is 29.2 Å². The van der Waals surface area contributed by atoms with Crippen LogP contribution in [0.4, 0.5) is 0 Å². The van der Waals surface area contributed by atoms with Crippen molar-refractivity contribution >= 4 is 17.7 Å². The first kappa shape index (κ1) is 22.3.